The van der Waals surface area contributed by atoms with Gasteiger partial charge in [0.25, 0.3) is 0 Å². The van der Waals surface area contributed by atoms with Crippen LogP contribution in [0.4, 0.5) is 5.69 Å². The third-order valence-electron chi connectivity index (χ3n) is 4.11. The summed E-state index contributed by atoms with van der Waals surface area (Å²) in [5.41, 5.74) is 0.934. The zero-order valence-corrected chi connectivity index (χ0v) is 16.2. The Bertz CT molecular complexity index is 799. The third kappa shape index (κ3) is 4.69. The van der Waals surface area contributed by atoms with Crippen molar-refractivity contribution in [2.45, 2.75) is 23.2 Å². The Kier molecular flexibility index (Phi) is 6.39. The van der Waals surface area contributed by atoms with E-state index in [1.54, 1.807) is 0 Å². The maximum Gasteiger partial charge on any atom is 0.355 e. The second kappa shape index (κ2) is 8.75. The highest BCUT2D eigenvalue weighted by atomic mass is 35.5. The van der Waals surface area contributed by atoms with Gasteiger partial charge in [0.05, 0.1) is 10.7 Å². The van der Waals surface area contributed by atoms with Crippen LogP contribution in [0.2, 0.25) is 5.02 Å². The van der Waals surface area contributed by atoms with Crippen LogP contribution in [0.1, 0.15) is 23.3 Å². The summed E-state index contributed by atoms with van der Waals surface area (Å²) in [7, 11) is 0. The molecule has 1 aliphatic rings. The molecule has 2 heterocycles. The van der Waals surface area contributed by atoms with Crippen molar-refractivity contribution in [3.63, 3.8) is 0 Å². The van der Waals surface area contributed by atoms with Gasteiger partial charge in [-0.1, -0.05) is 35.5 Å². The van der Waals surface area contributed by atoms with E-state index in [0.717, 1.165) is 12.1 Å². The van der Waals surface area contributed by atoms with Crippen LogP contribution < -0.4 is 5.32 Å². The monoisotopic (exact) mass is 411 g/mol. The highest BCUT2D eigenvalue weighted by Crippen LogP contribution is 2.26. The summed E-state index contributed by atoms with van der Waals surface area (Å²) in [4.78, 5) is 29.0. The van der Waals surface area contributed by atoms with Gasteiger partial charge in [0.1, 0.15) is 0 Å². The van der Waals surface area contributed by atoms with Gasteiger partial charge in [-0.3, -0.25) is 4.79 Å². The normalized spacial score (nSPS) is 16.9. The Labute approximate surface area is 164 Å². The van der Waals surface area contributed by atoms with Crippen molar-refractivity contribution in [2.75, 3.05) is 24.2 Å². The number of likely N-dealkylation sites (tertiary alicyclic amines) is 1. The average molecular weight is 412 g/mol. The molecule has 0 radical (unpaired) electrons. The zero-order valence-electron chi connectivity index (χ0n) is 13.9. The number of para-hydroxylation sites is 1. The summed E-state index contributed by atoms with van der Waals surface area (Å²) >= 11 is 8.94. The number of aromatic carboxylic acids is 1. The molecule has 1 aromatic carbocycles. The number of nitrogens with one attached hydrogen (secondary N) is 1. The number of carboxylic acids is 1. The number of hydrogen-bond donors (Lipinski definition) is 2. The summed E-state index contributed by atoms with van der Waals surface area (Å²) in [6.45, 7) is 1.26. The summed E-state index contributed by atoms with van der Waals surface area (Å²) in [6.07, 6.45) is 1.38. The second-order valence-electron chi connectivity index (χ2n) is 5.79. The predicted molar refractivity (Wildman–Crippen MR) is 104 cm³/mol. The number of thioether (sulfide) groups is 1. The lowest BCUT2D eigenvalue weighted by Crippen LogP contribution is -2.39. The van der Waals surface area contributed by atoms with Crippen molar-refractivity contribution in [1.29, 1.82) is 0 Å². The Hall–Kier alpha value is -1.77. The summed E-state index contributed by atoms with van der Waals surface area (Å²) < 4.78 is 0.708. The molecule has 9 heteroatoms. The van der Waals surface area contributed by atoms with Gasteiger partial charge in [0.15, 0.2) is 10.0 Å². The summed E-state index contributed by atoms with van der Waals surface area (Å²) in [5.74, 6) is -0.184. The number of nitrogens with zero attached hydrogens (tertiary/aromatic N) is 2. The first-order valence-electron chi connectivity index (χ1n) is 8.14. The van der Waals surface area contributed by atoms with Crippen LogP contribution in [0.5, 0.6) is 0 Å². The van der Waals surface area contributed by atoms with Crippen molar-refractivity contribution in [3.8, 4) is 0 Å². The number of aromatic nitrogens is 1. The molecule has 1 aliphatic heterocycles. The molecular weight excluding hydrogens is 394 g/mol. The van der Waals surface area contributed by atoms with Crippen LogP contribution in [0.3, 0.4) is 0 Å². The number of carbonyl (C=O) groups is 2. The highest BCUT2D eigenvalue weighted by molar-refractivity contribution is 8.01. The molecule has 0 spiro atoms. The van der Waals surface area contributed by atoms with Crippen molar-refractivity contribution in [1.82, 2.24) is 9.88 Å². The standard InChI is InChI=1S/C17H18ClN3O3S2/c18-12-3-1-2-4-13(12)19-9-11-5-6-15(22)21(11)7-8-25-17-20-14(10-26-17)16(23)24/h1-4,10-11,19H,5-9H2,(H,23,24)/t11-/m1/s1. The maximum absolute atomic E-state index is 12.2. The molecule has 0 unspecified atom stereocenters. The second-order valence-corrected chi connectivity index (χ2v) is 8.40. The van der Waals surface area contributed by atoms with Gasteiger partial charge in [-0.15, -0.1) is 11.3 Å². The first-order chi connectivity index (χ1) is 12.5. The number of benzene rings is 1. The summed E-state index contributed by atoms with van der Waals surface area (Å²) in [6, 6.07) is 7.68. The molecule has 1 aromatic heterocycles. The minimum atomic E-state index is -1.02. The first-order valence-corrected chi connectivity index (χ1v) is 10.4. The molecule has 138 valence electrons. The van der Waals surface area contributed by atoms with E-state index in [2.05, 4.69) is 10.3 Å². The molecule has 3 rings (SSSR count). The summed E-state index contributed by atoms with van der Waals surface area (Å²) in [5, 5.41) is 14.4. The molecule has 0 aliphatic carbocycles. The van der Waals surface area contributed by atoms with Crippen LogP contribution in [0, 0.1) is 0 Å². The Morgan fingerprint density at radius 3 is 3.00 bits per heavy atom. The molecule has 6 nitrogen and oxygen atoms in total. The number of carboxylic acid groups (broad SMARTS) is 1. The van der Waals surface area contributed by atoms with Crippen LogP contribution >= 0.6 is 34.7 Å². The van der Waals surface area contributed by atoms with Crippen LogP contribution in [0.15, 0.2) is 34.0 Å². The topological polar surface area (TPSA) is 82.5 Å². The molecule has 2 N–H and O–H groups in total. The fraction of sp³-hybridized carbons (Fsp3) is 0.353. The number of thiazole rings is 1. The molecule has 1 atom stereocenters. The average Bonchev–Trinajstić information content (AvgIpc) is 3.22. The Morgan fingerprint density at radius 2 is 2.27 bits per heavy atom. The molecule has 0 saturated carbocycles. The van der Waals surface area contributed by atoms with Crippen molar-refractivity contribution in [3.05, 3.63) is 40.4 Å². The number of carbonyl (C=O) groups excluding carboxylic acids is 1. The molecule has 1 amide bonds. The van der Waals surface area contributed by atoms with E-state index < -0.39 is 5.97 Å². The number of rotatable bonds is 8. The predicted octanol–water partition coefficient (Wildman–Crippen LogP) is 3.69. The van der Waals surface area contributed by atoms with Crippen LogP contribution in [-0.4, -0.2) is 51.8 Å². The fourth-order valence-electron chi connectivity index (χ4n) is 2.80. The van der Waals surface area contributed by atoms with Gasteiger partial charge in [0, 0.05) is 36.7 Å². The molecule has 2 aromatic rings. The van der Waals surface area contributed by atoms with E-state index in [-0.39, 0.29) is 17.6 Å². The third-order valence-corrected chi connectivity index (χ3v) is 6.45. The number of anilines is 1. The van der Waals surface area contributed by atoms with Crippen LogP contribution in [-0.2, 0) is 4.79 Å². The van der Waals surface area contributed by atoms with Gasteiger partial charge in [0.2, 0.25) is 5.91 Å². The minimum absolute atomic E-state index is 0.0663. The van der Waals surface area contributed by atoms with E-state index >= 15 is 0 Å². The molecular formula is C17H18ClN3O3S2. The lowest BCUT2D eigenvalue weighted by atomic mass is 10.2. The highest BCUT2D eigenvalue weighted by Gasteiger charge is 2.30. The van der Waals surface area contributed by atoms with Gasteiger partial charge >= 0.3 is 5.97 Å². The Balaban J connectivity index is 1.51. The number of halogens is 1. The Morgan fingerprint density at radius 1 is 1.46 bits per heavy atom. The first kappa shape index (κ1) is 19.0. The largest absolute Gasteiger partial charge is 0.476 e. The van der Waals surface area contributed by atoms with Crippen LogP contribution in [0.25, 0.3) is 0 Å². The van der Waals surface area contributed by atoms with Crippen molar-refractivity contribution < 1.29 is 14.7 Å². The van der Waals surface area contributed by atoms with E-state index in [0.29, 0.717) is 34.6 Å². The molecule has 0 bridgehead atoms. The van der Waals surface area contributed by atoms with Gasteiger partial charge in [-0.25, -0.2) is 9.78 Å². The van der Waals surface area contributed by atoms with Gasteiger partial charge in [-0.05, 0) is 18.6 Å². The lowest BCUT2D eigenvalue weighted by Gasteiger charge is -2.25. The van der Waals surface area contributed by atoms with Crippen molar-refractivity contribution in [2.24, 2.45) is 0 Å². The molecule has 26 heavy (non-hydrogen) atoms. The quantitative estimate of drug-likeness (QED) is 0.644. The van der Waals surface area contributed by atoms with E-state index in [1.807, 2.05) is 29.2 Å². The van der Waals surface area contributed by atoms with Crippen molar-refractivity contribution >= 4 is 52.3 Å². The lowest BCUT2D eigenvalue weighted by molar-refractivity contribution is -0.128. The smallest absolute Gasteiger partial charge is 0.355 e. The van der Waals surface area contributed by atoms with Gasteiger partial charge < -0.3 is 15.3 Å². The maximum atomic E-state index is 12.2. The van der Waals surface area contributed by atoms with Gasteiger partial charge in [-0.2, -0.15) is 0 Å². The molecule has 1 fully saturated rings. The van der Waals surface area contributed by atoms with E-state index in [1.165, 1.54) is 28.5 Å². The minimum Gasteiger partial charge on any atom is -0.476 e. The van der Waals surface area contributed by atoms with E-state index in [4.69, 9.17) is 16.7 Å². The SMILES string of the molecule is O=C(O)c1csc(SCCN2C(=O)CC[C@@H]2CNc2ccccc2Cl)n1. The zero-order chi connectivity index (χ0) is 18.5. The number of amides is 1. The fourth-order valence-corrected chi connectivity index (χ4v) is 4.81. The number of hydrogen-bond acceptors (Lipinski definition) is 6. The molecule has 1 saturated heterocycles. The van der Waals surface area contributed by atoms with E-state index in [9.17, 15) is 9.59 Å².